The van der Waals surface area contributed by atoms with Gasteiger partial charge in [0.25, 0.3) is 5.91 Å². The lowest BCUT2D eigenvalue weighted by atomic mass is 10.1. The van der Waals surface area contributed by atoms with Crippen molar-refractivity contribution in [3.63, 3.8) is 0 Å². The van der Waals surface area contributed by atoms with Crippen LogP contribution in [0.25, 0.3) is 0 Å². The van der Waals surface area contributed by atoms with E-state index in [9.17, 15) is 14.4 Å². The number of rotatable bonds is 3. The van der Waals surface area contributed by atoms with Crippen molar-refractivity contribution in [2.45, 2.75) is 6.04 Å². The monoisotopic (exact) mass is 329 g/mol. The zero-order valence-corrected chi connectivity index (χ0v) is 13.3. The maximum absolute atomic E-state index is 12.9. The smallest absolute Gasteiger partial charge is 0.253 e. The molecule has 0 radical (unpaired) electrons. The van der Waals surface area contributed by atoms with Crippen molar-refractivity contribution < 1.29 is 9.18 Å². The molecule has 3 rings (SSSR count). The fourth-order valence-corrected chi connectivity index (χ4v) is 3.53. The Morgan fingerprint density at radius 3 is 2.43 bits per heavy atom. The number of hydrogen-bond acceptors (Lipinski definition) is 4. The van der Waals surface area contributed by atoms with E-state index in [2.05, 4.69) is 11.0 Å². The summed E-state index contributed by atoms with van der Waals surface area (Å²) in [4.78, 5) is 17.3. The van der Waals surface area contributed by atoms with Gasteiger partial charge in [-0.25, -0.2) is 4.39 Å². The van der Waals surface area contributed by atoms with E-state index in [4.69, 9.17) is 0 Å². The van der Waals surface area contributed by atoms with Crippen LogP contribution < -0.4 is 0 Å². The third-order valence-electron chi connectivity index (χ3n) is 3.99. The third-order valence-corrected chi connectivity index (χ3v) is 4.92. The van der Waals surface area contributed by atoms with E-state index in [-0.39, 0.29) is 17.8 Å². The van der Waals surface area contributed by atoms with Crippen LogP contribution in [0.2, 0.25) is 0 Å². The molecule has 0 bridgehead atoms. The highest BCUT2D eigenvalue weighted by atomic mass is 32.1. The molecule has 1 unspecified atom stereocenters. The molecule has 1 aliphatic heterocycles. The number of hydrogen-bond donors (Lipinski definition) is 0. The van der Waals surface area contributed by atoms with Gasteiger partial charge in [-0.15, -0.1) is 11.3 Å². The average molecular weight is 329 g/mol. The summed E-state index contributed by atoms with van der Waals surface area (Å²) in [6.07, 6.45) is 0. The number of carbonyl (C=O) groups excluding carboxylic acids is 1. The summed E-state index contributed by atoms with van der Waals surface area (Å²) in [5, 5.41) is 11.4. The summed E-state index contributed by atoms with van der Waals surface area (Å²) in [5.74, 6) is -0.437. The highest BCUT2D eigenvalue weighted by Crippen LogP contribution is 2.25. The predicted octanol–water partition coefficient (Wildman–Crippen LogP) is 2.91. The summed E-state index contributed by atoms with van der Waals surface area (Å²) in [5.41, 5.74) is 0.495. The van der Waals surface area contributed by atoms with E-state index < -0.39 is 0 Å². The maximum Gasteiger partial charge on any atom is 0.253 e. The first-order valence-corrected chi connectivity index (χ1v) is 8.29. The van der Waals surface area contributed by atoms with Crippen LogP contribution in [0.3, 0.4) is 0 Å². The van der Waals surface area contributed by atoms with Crippen LogP contribution in [0, 0.1) is 17.1 Å². The molecule has 6 heteroatoms. The molecule has 1 aromatic carbocycles. The topological polar surface area (TPSA) is 47.3 Å². The van der Waals surface area contributed by atoms with Gasteiger partial charge in [-0.05, 0) is 35.7 Å². The summed E-state index contributed by atoms with van der Waals surface area (Å²) in [6, 6.07) is 11.6. The Labute approximate surface area is 138 Å². The molecule has 1 aliphatic rings. The Hall–Kier alpha value is -2.23. The molecule has 0 spiro atoms. The van der Waals surface area contributed by atoms with E-state index >= 15 is 0 Å². The van der Waals surface area contributed by atoms with Crippen molar-refractivity contribution in [2.24, 2.45) is 0 Å². The number of nitriles is 1. The third kappa shape index (κ3) is 3.41. The second-order valence-electron chi connectivity index (χ2n) is 5.38. The van der Waals surface area contributed by atoms with Gasteiger partial charge in [0, 0.05) is 36.6 Å². The molecule has 1 amide bonds. The Morgan fingerprint density at radius 1 is 1.17 bits per heavy atom. The standard InChI is InChI=1S/C17H16FN3OS/c18-14-5-3-13(4-6-14)17(22)21-9-7-20(8-10-21)15(12-19)16-2-1-11-23-16/h1-6,11,15H,7-10H2. The van der Waals surface area contributed by atoms with Gasteiger partial charge in [0.15, 0.2) is 0 Å². The number of carbonyl (C=O) groups is 1. The Morgan fingerprint density at radius 2 is 1.87 bits per heavy atom. The molecule has 118 valence electrons. The second kappa shape index (κ2) is 6.90. The first-order chi connectivity index (χ1) is 11.2. The summed E-state index contributed by atoms with van der Waals surface area (Å²) in [7, 11) is 0. The Balaban J connectivity index is 1.63. The lowest BCUT2D eigenvalue weighted by Crippen LogP contribution is -2.49. The zero-order chi connectivity index (χ0) is 16.2. The quantitative estimate of drug-likeness (QED) is 0.870. The molecule has 1 atom stereocenters. The minimum Gasteiger partial charge on any atom is -0.336 e. The van der Waals surface area contributed by atoms with Gasteiger partial charge in [-0.1, -0.05) is 6.07 Å². The second-order valence-corrected chi connectivity index (χ2v) is 6.36. The maximum atomic E-state index is 12.9. The van der Waals surface area contributed by atoms with Gasteiger partial charge in [-0.3, -0.25) is 9.69 Å². The highest BCUT2D eigenvalue weighted by Gasteiger charge is 2.27. The molecule has 4 nitrogen and oxygen atoms in total. The molecule has 23 heavy (non-hydrogen) atoms. The molecule has 1 fully saturated rings. The van der Waals surface area contributed by atoms with E-state index in [1.54, 1.807) is 16.2 Å². The van der Waals surface area contributed by atoms with Crippen molar-refractivity contribution >= 4 is 17.2 Å². The first-order valence-electron chi connectivity index (χ1n) is 7.41. The van der Waals surface area contributed by atoms with Crippen LogP contribution in [-0.4, -0.2) is 41.9 Å². The normalized spacial score (nSPS) is 16.8. The van der Waals surface area contributed by atoms with Gasteiger partial charge in [0.05, 0.1) is 6.07 Å². The van der Waals surface area contributed by atoms with Crippen LogP contribution >= 0.6 is 11.3 Å². The summed E-state index contributed by atoms with van der Waals surface area (Å²) in [6.45, 7) is 2.45. The van der Waals surface area contributed by atoms with Crippen LogP contribution in [0.1, 0.15) is 21.3 Å². The number of nitrogens with zero attached hydrogens (tertiary/aromatic N) is 3. The molecule has 2 heterocycles. The van der Waals surface area contributed by atoms with Crippen molar-refractivity contribution in [2.75, 3.05) is 26.2 Å². The molecule has 1 aromatic heterocycles. The minimum atomic E-state index is -0.348. The van der Waals surface area contributed by atoms with E-state index in [1.165, 1.54) is 24.3 Å². The zero-order valence-electron chi connectivity index (χ0n) is 12.5. The lowest BCUT2D eigenvalue weighted by molar-refractivity contribution is 0.0608. The van der Waals surface area contributed by atoms with Crippen molar-refractivity contribution in [3.05, 3.63) is 58.0 Å². The SMILES string of the molecule is N#CC(c1cccs1)N1CCN(C(=O)c2ccc(F)cc2)CC1. The van der Waals surface area contributed by atoms with Crippen LogP contribution in [0.15, 0.2) is 41.8 Å². The van der Waals surface area contributed by atoms with E-state index in [0.29, 0.717) is 31.7 Å². The molecule has 0 saturated carbocycles. The highest BCUT2D eigenvalue weighted by molar-refractivity contribution is 7.10. The van der Waals surface area contributed by atoms with Crippen molar-refractivity contribution in [1.29, 1.82) is 5.26 Å². The van der Waals surface area contributed by atoms with Gasteiger partial charge < -0.3 is 4.90 Å². The van der Waals surface area contributed by atoms with E-state index in [1.807, 2.05) is 17.5 Å². The summed E-state index contributed by atoms with van der Waals surface area (Å²) >= 11 is 1.57. The predicted molar refractivity (Wildman–Crippen MR) is 86.5 cm³/mol. The Bertz CT molecular complexity index is 700. The number of halogens is 1. The summed E-state index contributed by atoms with van der Waals surface area (Å²) < 4.78 is 12.9. The minimum absolute atomic E-state index is 0.0886. The van der Waals surface area contributed by atoms with Gasteiger partial charge >= 0.3 is 0 Å². The number of piperazine rings is 1. The van der Waals surface area contributed by atoms with Gasteiger partial charge in [0.1, 0.15) is 11.9 Å². The van der Waals surface area contributed by atoms with Crippen LogP contribution in [0.4, 0.5) is 4.39 Å². The fourth-order valence-electron chi connectivity index (χ4n) is 2.73. The first kappa shape index (κ1) is 15.7. The molecule has 0 aliphatic carbocycles. The largest absolute Gasteiger partial charge is 0.336 e. The molecular weight excluding hydrogens is 313 g/mol. The number of amides is 1. The van der Waals surface area contributed by atoms with Crippen molar-refractivity contribution in [3.8, 4) is 6.07 Å². The fraction of sp³-hybridized carbons (Fsp3) is 0.294. The molecular formula is C17H16FN3OS. The number of thiophene rings is 1. The van der Waals surface area contributed by atoms with Gasteiger partial charge in [-0.2, -0.15) is 5.26 Å². The van der Waals surface area contributed by atoms with Crippen molar-refractivity contribution in [1.82, 2.24) is 9.80 Å². The molecule has 0 N–H and O–H groups in total. The lowest BCUT2D eigenvalue weighted by Gasteiger charge is -2.36. The van der Waals surface area contributed by atoms with Crippen LogP contribution in [-0.2, 0) is 0 Å². The Kier molecular flexibility index (Phi) is 4.70. The number of benzene rings is 1. The molecule has 1 saturated heterocycles. The van der Waals surface area contributed by atoms with E-state index in [0.717, 1.165) is 4.88 Å². The van der Waals surface area contributed by atoms with Gasteiger partial charge in [0.2, 0.25) is 0 Å². The average Bonchev–Trinajstić information content (AvgIpc) is 3.10. The van der Waals surface area contributed by atoms with Crippen LogP contribution in [0.5, 0.6) is 0 Å². The molecule has 2 aromatic rings.